The minimum atomic E-state index is -1.47. The number of nitrogen functional groups attached to an aromatic ring is 1. The Balaban J connectivity index is 1.52. The molecular weight excluding hydrogens is 428 g/mol. The van der Waals surface area contributed by atoms with Crippen molar-refractivity contribution in [1.29, 1.82) is 0 Å². The molecule has 3 rings (SSSR count). The van der Waals surface area contributed by atoms with E-state index in [-0.39, 0.29) is 18.0 Å². The van der Waals surface area contributed by atoms with Crippen LogP contribution in [-0.2, 0) is 4.79 Å². The van der Waals surface area contributed by atoms with E-state index in [4.69, 9.17) is 26.8 Å². The van der Waals surface area contributed by atoms with Crippen molar-refractivity contribution < 1.29 is 19.4 Å². The van der Waals surface area contributed by atoms with E-state index in [2.05, 4.69) is 11.8 Å². The number of benzene rings is 1. The summed E-state index contributed by atoms with van der Waals surface area (Å²) >= 11 is 6.39. The van der Waals surface area contributed by atoms with E-state index in [0.29, 0.717) is 16.7 Å². The van der Waals surface area contributed by atoms with Gasteiger partial charge in [0.2, 0.25) is 5.60 Å². The van der Waals surface area contributed by atoms with Gasteiger partial charge in [-0.1, -0.05) is 63.5 Å². The summed E-state index contributed by atoms with van der Waals surface area (Å²) in [5.74, 6) is 0.0463. The number of carboxylic acids is 1. The summed E-state index contributed by atoms with van der Waals surface area (Å²) in [4.78, 5) is 14.2. The van der Waals surface area contributed by atoms with Gasteiger partial charge in [-0.3, -0.25) is 0 Å². The molecule has 1 unspecified atom stereocenters. The van der Waals surface area contributed by atoms with Crippen LogP contribution < -0.4 is 15.2 Å². The molecule has 1 atom stereocenters. The SMILES string of the molecule is CCCCCCCCCCN1CCC(c2cc(Cl)c(N)c3c2OCC(C)(C(=O)O)O3)CC1. The predicted octanol–water partition coefficient (Wildman–Crippen LogP) is 5.86. The Bertz CT molecular complexity index is 780. The molecule has 1 aromatic carbocycles. The molecule has 1 saturated heterocycles. The third-order valence-electron chi connectivity index (χ3n) is 6.88. The summed E-state index contributed by atoms with van der Waals surface area (Å²) in [6.45, 7) is 6.95. The average Bonchev–Trinajstić information content (AvgIpc) is 2.78. The summed E-state index contributed by atoms with van der Waals surface area (Å²) in [7, 11) is 0. The van der Waals surface area contributed by atoms with E-state index < -0.39 is 11.6 Å². The van der Waals surface area contributed by atoms with E-state index in [0.717, 1.165) is 31.5 Å². The Hall–Kier alpha value is -1.66. The zero-order valence-corrected chi connectivity index (χ0v) is 20.4. The first-order valence-electron chi connectivity index (χ1n) is 12.2. The molecule has 0 aromatic heterocycles. The largest absolute Gasteiger partial charge is 0.484 e. The highest BCUT2D eigenvalue weighted by atomic mass is 35.5. The lowest BCUT2D eigenvalue weighted by atomic mass is 9.87. The molecule has 180 valence electrons. The number of nitrogens with two attached hydrogens (primary N) is 1. The van der Waals surface area contributed by atoms with Gasteiger partial charge in [0.15, 0.2) is 11.5 Å². The maximum atomic E-state index is 11.6. The third-order valence-corrected chi connectivity index (χ3v) is 7.19. The number of anilines is 1. The Labute approximate surface area is 197 Å². The first kappa shape index (κ1) is 25.0. The molecule has 0 bridgehead atoms. The van der Waals surface area contributed by atoms with Gasteiger partial charge in [-0.2, -0.15) is 0 Å². The highest BCUT2D eigenvalue weighted by molar-refractivity contribution is 6.33. The van der Waals surface area contributed by atoms with Crippen LogP contribution in [0.1, 0.15) is 89.5 Å². The van der Waals surface area contributed by atoms with Crippen molar-refractivity contribution in [3.8, 4) is 11.5 Å². The van der Waals surface area contributed by atoms with E-state index in [1.807, 2.05) is 6.07 Å². The number of fused-ring (bicyclic) bond motifs is 1. The normalized spacial score (nSPS) is 21.6. The van der Waals surface area contributed by atoms with Gasteiger partial charge < -0.3 is 25.2 Å². The number of ether oxygens (including phenoxy) is 2. The van der Waals surface area contributed by atoms with Crippen molar-refractivity contribution in [2.24, 2.45) is 0 Å². The standard InChI is InChI=1S/C25H39ClN2O4/c1-3-4-5-6-7-8-9-10-13-28-14-11-18(12-15-28)19-16-20(26)21(27)23-22(19)31-17-25(2,32-23)24(29)30/h16,18H,3-15,17,27H2,1-2H3,(H,29,30). The van der Waals surface area contributed by atoms with Crippen molar-refractivity contribution in [3.05, 3.63) is 16.7 Å². The Morgan fingerprint density at radius 2 is 1.78 bits per heavy atom. The van der Waals surface area contributed by atoms with Crippen molar-refractivity contribution in [2.75, 3.05) is 32.0 Å². The van der Waals surface area contributed by atoms with Gasteiger partial charge in [-0.05, 0) is 57.8 Å². The predicted molar refractivity (Wildman–Crippen MR) is 129 cm³/mol. The van der Waals surface area contributed by atoms with Gasteiger partial charge in [0.05, 0.1) is 10.7 Å². The second-order valence-electron chi connectivity index (χ2n) is 9.54. The van der Waals surface area contributed by atoms with E-state index in [9.17, 15) is 9.90 Å². The molecule has 2 aliphatic heterocycles. The number of hydrogen-bond acceptors (Lipinski definition) is 5. The van der Waals surface area contributed by atoms with E-state index >= 15 is 0 Å². The quantitative estimate of drug-likeness (QED) is 0.314. The summed E-state index contributed by atoms with van der Waals surface area (Å²) in [6.07, 6.45) is 12.8. The molecule has 7 heteroatoms. The monoisotopic (exact) mass is 466 g/mol. The van der Waals surface area contributed by atoms with Crippen molar-refractivity contribution >= 4 is 23.3 Å². The number of carboxylic acid groups (broad SMARTS) is 1. The van der Waals surface area contributed by atoms with E-state index in [1.165, 1.54) is 64.8 Å². The lowest BCUT2D eigenvalue weighted by Crippen LogP contribution is -2.49. The average molecular weight is 467 g/mol. The number of piperidine rings is 1. The van der Waals surface area contributed by atoms with Gasteiger partial charge in [0.25, 0.3) is 0 Å². The Morgan fingerprint density at radius 1 is 1.16 bits per heavy atom. The molecule has 2 heterocycles. The molecule has 3 N–H and O–H groups in total. The first-order valence-corrected chi connectivity index (χ1v) is 12.6. The number of nitrogens with zero attached hydrogens (tertiary/aromatic N) is 1. The fourth-order valence-electron chi connectivity index (χ4n) is 4.70. The Kier molecular flexibility index (Phi) is 8.95. The van der Waals surface area contributed by atoms with Crippen molar-refractivity contribution in [1.82, 2.24) is 4.90 Å². The minimum absolute atomic E-state index is 0.0549. The van der Waals surface area contributed by atoms with Crippen LogP contribution in [0.5, 0.6) is 11.5 Å². The van der Waals surface area contributed by atoms with Crippen LogP contribution in [0.3, 0.4) is 0 Å². The van der Waals surface area contributed by atoms with Crippen molar-refractivity contribution in [3.63, 3.8) is 0 Å². The highest BCUT2D eigenvalue weighted by Gasteiger charge is 2.43. The second kappa shape index (κ2) is 11.5. The number of likely N-dealkylation sites (tertiary alicyclic amines) is 1. The van der Waals surface area contributed by atoms with Crippen LogP contribution in [0.15, 0.2) is 6.07 Å². The topological polar surface area (TPSA) is 85.0 Å². The molecule has 6 nitrogen and oxygen atoms in total. The molecule has 0 saturated carbocycles. The van der Waals surface area contributed by atoms with Crippen LogP contribution in [0.2, 0.25) is 5.02 Å². The first-order chi connectivity index (χ1) is 15.4. The van der Waals surface area contributed by atoms with Crippen LogP contribution in [-0.4, -0.2) is 47.8 Å². The van der Waals surface area contributed by atoms with Gasteiger partial charge in [-0.25, -0.2) is 4.79 Å². The van der Waals surface area contributed by atoms with Gasteiger partial charge in [-0.15, -0.1) is 0 Å². The zero-order chi connectivity index (χ0) is 23.1. The number of rotatable bonds is 11. The highest BCUT2D eigenvalue weighted by Crippen LogP contribution is 2.49. The maximum absolute atomic E-state index is 11.6. The lowest BCUT2D eigenvalue weighted by molar-refractivity contribution is -0.158. The van der Waals surface area contributed by atoms with Crippen LogP contribution in [0.25, 0.3) is 0 Å². The Morgan fingerprint density at radius 3 is 2.41 bits per heavy atom. The minimum Gasteiger partial charge on any atom is -0.484 e. The fraction of sp³-hybridized carbons (Fsp3) is 0.720. The second-order valence-corrected chi connectivity index (χ2v) is 9.94. The summed E-state index contributed by atoms with van der Waals surface area (Å²) in [5.41, 5.74) is 5.88. The van der Waals surface area contributed by atoms with Crippen LogP contribution in [0.4, 0.5) is 5.69 Å². The molecule has 0 radical (unpaired) electrons. The summed E-state index contributed by atoms with van der Waals surface area (Å²) < 4.78 is 11.7. The lowest BCUT2D eigenvalue weighted by Gasteiger charge is -2.37. The van der Waals surface area contributed by atoms with E-state index in [1.54, 1.807) is 0 Å². The molecule has 1 fully saturated rings. The molecule has 2 aliphatic rings. The third kappa shape index (κ3) is 6.02. The van der Waals surface area contributed by atoms with Gasteiger partial charge in [0.1, 0.15) is 6.61 Å². The van der Waals surface area contributed by atoms with Crippen LogP contribution in [0, 0.1) is 0 Å². The summed E-state index contributed by atoms with van der Waals surface area (Å²) in [6, 6.07) is 1.88. The van der Waals surface area contributed by atoms with Crippen molar-refractivity contribution in [2.45, 2.75) is 89.6 Å². The van der Waals surface area contributed by atoms with Gasteiger partial charge >= 0.3 is 5.97 Å². The molecule has 0 spiro atoms. The number of unbranched alkanes of at least 4 members (excludes halogenated alkanes) is 7. The molecule has 1 aromatic rings. The smallest absolute Gasteiger partial charge is 0.351 e. The molecule has 0 amide bonds. The fourth-order valence-corrected chi connectivity index (χ4v) is 4.91. The molecule has 32 heavy (non-hydrogen) atoms. The molecule has 0 aliphatic carbocycles. The van der Waals surface area contributed by atoms with Gasteiger partial charge in [0, 0.05) is 5.56 Å². The summed E-state index contributed by atoms with van der Waals surface area (Å²) in [5, 5.41) is 9.89. The zero-order valence-electron chi connectivity index (χ0n) is 19.6. The number of halogens is 1. The number of carbonyl (C=O) groups is 1. The maximum Gasteiger partial charge on any atom is 0.351 e. The number of hydrogen-bond donors (Lipinski definition) is 2. The molecular formula is C25H39ClN2O4. The van der Waals surface area contributed by atoms with Crippen LogP contribution >= 0.6 is 11.6 Å². The number of aliphatic carboxylic acids is 1.